The van der Waals surface area contributed by atoms with Gasteiger partial charge in [-0.15, -0.1) is 0 Å². The van der Waals surface area contributed by atoms with Gasteiger partial charge in [-0.1, -0.05) is 0 Å². The summed E-state index contributed by atoms with van der Waals surface area (Å²) in [7, 11) is 0. The van der Waals surface area contributed by atoms with Gasteiger partial charge in [-0.3, -0.25) is 0 Å². The number of piperidine rings is 1. The second-order valence-corrected chi connectivity index (χ2v) is 5.13. The Bertz CT molecular complexity index is 564. The average Bonchev–Trinajstić information content (AvgIpc) is 2.88. The molecule has 1 aliphatic rings. The predicted octanol–water partition coefficient (Wildman–Crippen LogP) is 1.14. The van der Waals surface area contributed by atoms with Gasteiger partial charge in [0.2, 0.25) is 5.28 Å². The average molecular weight is 282 g/mol. The van der Waals surface area contributed by atoms with Gasteiger partial charge in [0.15, 0.2) is 0 Å². The lowest BCUT2D eigenvalue weighted by molar-refractivity contribution is 0.216. The van der Waals surface area contributed by atoms with E-state index in [1.54, 1.807) is 0 Å². The molecule has 19 heavy (non-hydrogen) atoms. The minimum atomic E-state index is 0.189. The second-order valence-electron chi connectivity index (χ2n) is 4.79. The van der Waals surface area contributed by atoms with Crippen molar-refractivity contribution in [3.63, 3.8) is 0 Å². The maximum atomic E-state index is 9.09. The highest BCUT2D eigenvalue weighted by Gasteiger charge is 2.21. The maximum absolute atomic E-state index is 9.09. The largest absolute Gasteiger partial charge is 0.395 e. The van der Waals surface area contributed by atoms with Crippen LogP contribution in [0.15, 0.2) is 12.3 Å². The fourth-order valence-electron chi connectivity index (χ4n) is 2.41. The Morgan fingerprint density at radius 1 is 1.42 bits per heavy atom. The highest BCUT2D eigenvalue weighted by atomic mass is 35.5. The highest BCUT2D eigenvalue weighted by Crippen LogP contribution is 2.23. The molecule has 0 amide bonds. The molecule has 4 N–H and O–H groups in total. The number of H-pyrrole nitrogens is 1. The Balaban J connectivity index is 1.76. The van der Waals surface area contributed by atoms with E-state index in [0.29, 0.717) is 0 Å². The number of hydrogen-bond donors (Lipinski definition) is 4. The fourth-order valence-corrected chi connectivity index (χ4v) is 2.58. The molecule has 7 heteroatoms. The van der Waals surface area contributed by atoms with E-state index in [-0.39, 0.29) is 24.0 Å². The van der Waals surface area contributed by atoms with Gasteiger partial charge in [0.05, 0.1) is 12.0 Å². The Morgan fingerprint density at radius 2 is 2.32 bits per heavy atom. The predicted molar refractivity (Wildman–Crippen MR) is 74.4 cm³/mol. The van der Waals surface area contributed by atoms with Crippen molar-refractivity contribution in [3.05, 3.63) is 17.5 Å². The van der Waals surface area contributed by atoms with Gasteiger partial charge in [0, 0.05) is 24.8 Å². The molecule has 2 atom stereocenters. The van der Waals surface area contributed by atoms with Crippen molar-refractivity contribution in [1.29, 1.82) is 0 Å². The molecule has 2 aromatic heterocycles. The van der Waals surface area contributed by atoms with Crippen molar-refractivity contribution >= 4 is 28.5 Å². The number of fused-ring (bicyclic) bond motifs is 1. The number of nitrogens with zero attached hydrogens (tertiary/aromatic N) is 2. The minimum absolute atomic E-state index is 0.189. The van der Waals surface area contributed by atoms with Crippen molar-refractivity contribution in [2.24, 2.45) is 0 Å². The van der Waals surface area contributed by atoms with Crippen LogP contribution in [0.2, 0.25) is 5.28 Å². The van der Waals surface area contributed by atoms with Crippen LogP contribution in [-0.2, 0) is 0 Å². The molecule has 0 saturated carbocycles. The summed E-state index contributed by atoms with van der Waals surface area (Å²) in [5, 5.41) is 17.0. The zero-order valence-corrected chi connectivity index (χ0v) is 11.1. The van der Waals surface area contributed by atoms with Crippen molar-refractivity contribution in [2.75, 3.05) is 18.5 Å². The number of rotatable bonds is 3. The monoisotopic (exact) mass is 281 g/mol. The second kappa shape index (κ2) is 5.32. The topological polar surface area (TPSA) is 85.9 Å². The summed E-state index contributed by atoms with van der Waals surface area (Å²) in [5.74, 6) is 0.755. The van der Waals surface area contributed by atoms with E-state index in [1.807, 2.05) is 12.3 Å². The van der Waals surface area contributed by atoms with Crippen molar-refractivity contribution < 1.29 is 5.11 Å². The summed E-state index contributed by atoms with van der Waals surface area (Å²) in [6.45, 7) is 0.993. The number of halogens is 1. The maximum Gasteiger partial charge on any atom is 0.226 e. The summed E-state index contributed by atoms with van der Waals surface area (Å²) in [6.07, 6.45) is 3.76. The number of nitrogens with one attached hydrogen (secondary N) is 3. The van der Waals surface area contributed by atoms with Crippen LogP contribution >= 0.6 is 11.6 Å². The van der Waals surface area contributed by atoms with E-state index in [0.717, 1.165) is 36.2 Å². The molecule has 102 valence electrons. The molecule has 0 spiro atoms. The molecule has 6 nitrogen and oxygen atoms in total. The third kappa shape index (κ3) is 2.65. The highest BCUT2D eigenvalue weighted by molar-refractivity contribution is 6.28. The molecule has 0 aliphatic carbocycles. The van der Waals surface area contributed by atoms with Crippen LogP contribution in [0.3, 0.4) is 0 Å². The molecule has 3 rings (SSSR count). The van der Waals surface area contributed by atoms with Gasteiger partial charge in [-0.05, 0) is 30.5 Å². The molecule has 1 fully saturated rings. The van der Waals surface area contributed by atoms with Crippen LogP contribution in [0.25, 0.3) is 11.0 Å². The molecule has 0 aromatic carbocycles. The molecule has 1 saturated heterocycles. The minimum Gasteiger partial charge on any atom is -0.395 e. The summed E-state index contributed by atoms with van der Waals surface area (Å²) < 4.78 is 0. The zero-order valence-electron chi connectivity index (χ0n) is 10.4. The molecule has 2 aromatic rings. The molecule has 0 bridgehead atoms. The van der Waals surface area contributed by atoms with Gasteiger partial charge in [-0.2, -0.15) is 4.98 Å². The lowest BCUT2D eigenvalue weighted by atomic mass is 10.0. The first-order chi connectivity index (χ1) is 9.26. The zero-order chi connectivity index (χ0) is 13.2. The van der Waals surface area contributed by atoms with E-state index in [4.69, 9.17) is 16.7 Å². The third-order valence-corrected chi connectivity index (χ3v) is 3.64. The first-order valence-corrected chi connectivity index (χ1v) is 6.75. The van der Waals surface area contributed by atoms with Gasteiger partial charge in [-0.25, -0.2) is 4.98 Å². The van der Waals surface area contributed by atoms with E-state index < -0.39 is 0 Å². The van der Waals surface area contributed by atoms with Gasteiger partial charge in [0.25, 0.3) is 0 Å². The van der Waals surface area contributed by atoms with Gasteiger partial charge in [0.1, 0.15) is 11.5 Å². The number of aliphatic hydroxyl groups excluding tert-OH is 1. The normalized spacial score (nSPS) is 23.7. The molecule has 3 heterocycles. The smallest absolute Gasteiger partial charge is 0.226 e. The fraction of sp³-hybridized carbons (Fsp3) is 0.500. The van der Waals surface area contributed by atoms with E-state index in [2.05, 4.69) is 25.6 Å². The number of anilines is 1. The lowest BCUT2D eigenvalue weighted by Gasteiger charge is -2.29. The first kappa shape index (κ1) is 12.7. The third-order valence-electron chi connectivity index (χ3n) is 3.47. The Hall–Kier alpha value is -1.37. The standard InChI is InChI=1S/C12H16ClN5O/c13-12-17-10-9(3-4-14-10)11(18-12)16-7-1-2-8(6-19)15-5-7/h3-4,7-8,15,19H,1-2,5-6H2,(H2,14,16,17,18)/t7-,8-/m1/s1. The molecule has 0 radical (unpaired) electrons. The van der Waals surface area contributed by atoms with Crippen LogP contribution < -0.4 is 10.6 Å². The van der Waals surface area contributed by atoms with Crippen LogP contribution in [0.5, 0.6) is 0 Å². The van der Waals surface area contributed by atoms with Crippen molar-refractivity contribution in [2.45, 2.75) is 24.9 Å². The molecule has 0 unspecified atom stereocenters. The van der Waals surface area contributed by atoms with Gasteiger partial charge < -0.3 is 20.7 Å². The lowest BCUT2D eigenvalue weighted by Crippen LogP contribution is -2.46. The van der Waals surface area contributed by atoms with E-state index in [9.17, 15) is 0 Å². The summed E-state index contributed by atoms with van der Waals surface area (Å²) in [5.41, 5.74) is 0.736. The Morgan fingerprint density at radius 3 is 3.05 bits per heavy atom. The Labute approximate surface area is 115 Å². The Kier molecular flexibility index (Phi) is 3.54. The summed E-state index contributed by atoms with van der Waals surface area (Å²) in [4.78, 5) is 11.4. The first-order valence-electron chi connectivity index (χ1n) is 6.37. The van der Waals surface area contributed by atoms with Crippen LogP contribution in [0.1, 0.15) is 12.8 Å². The number of hydrogen-bond acceptors (Lipinski definition) is 5. The summed E-state index contributed by atoms with van der Waals surface area (Å²) in [6, 6.07) is 2.42. The van der Waals surface area contributed by atoms with Crippen LogP contribution in [-0.4, -0.2) is 45.3 Å². The molecular formula is C12H16ClN5O. The van der Waals surface area contributed by atoms with Crippen molar-refractivity contribution in [3.8, 4) is 0 Å². The quantitative estimate of drug-likeness (QED) is 0.634. The van der Waals surface area contributed by atoms with Gasteiger partial charge >= 0.3 is 0 Å². The van der Waals surface area contributed by atoms with Crippen LogP contribution in [0.4, 0.5) is 5.82 Å². The van der Waals surface area contributed by atoms with Crippen LogP contribution in [0, 0.1) is 0 Å². The SMILES string of the molecule is OC[C@H]1CC[C@@H](Nc2nc(Cl)nc3[nH]ccc23)CN1. The van der Waals surface area contributed by atoms with E-state index in [1.165, 1.54) is 0 Å². The van der Waals surface area contributed by atoms with Crippen molar-refractivity contribution in [1.82, 2.24) is 20.3 Å². The van der Waals surface area contributed by atoms with E-state index >= 15 is 0 Å². The molecular weight excluding hydrogens is 266 g/mol. The molecule has 1 aliphatic heterocycles. The summed E-state index contributed by atoms with van der Waals surface area (Å²) >= 11 is 5.91. The number of aromatic amines is 1. The number of aromatic nitrogens is 3. The number of aliphatic hydroxyl groups is 1.